The van der Waals surface area contributed by atoms with Crippen molar-refractivity contribution in [3.05, 3.63) is 83.7 Å². The van der Waals surface area contributed by atoms with Crippen molar-refractivity contribution >= 4 is 0 Å². The molecule has 0 aliphatic heterocycles. The quantitative estimate of drug-likeness (QED) is 0.800. The fourth-order valence-corrected chi connectivity index (χ4v) is 2.42. The summed E-state index contributed by atoms with van der Waals surface area (Å²) in [4.78, 5) is 4.18. The van der Waals surface area contributed by atoms with Gasteiger partial charge in [-0.2, -0.15) is 0 Å². The lowest BCUT2D eigenvalue weighted by molar-refractivity contribution is 0.616. The smallest absolute Gasteiger partial charge is 0.128 e. The van der Waals surface area contributed by atoms with Crippen LogP contribution in [0.25, 0.3) is 5.69 Å². The molecule has 3 rings (SSSR count). The second-order valence-electron chi connectivity index (χ2n) is 4.96. The Hall–Kier alpha value is -2.46. The molecular weight excluding hydrogens is 265 g/mol. The van der Waals surface area contributed by atoms with Gasteiger partial charge < -0.3 is 10.3 Å². The van der Waals surface area contributed by atoms with Crippen molar-refractivity contribution in [3.63, 3.8) is 0 Å². The normalized spacial score (nSPS) is 12.3. The van der Waals surface area contributed by atoms with Gasteiger partial charge in [-0.25, -0.2) is 9.37 Å². The summed E-state index contributed by atoms with van der Waals surface area (Å²) in [7, 11) is 0. The van der Waals surface area contributed by atoms with Crippen LogP contribution in [0.2, 0.25) is 0 Å². The predicted octanol–water partition coefficient (Wildman–Crippen LogP) is 3.37. The highest BCUT2D eigenvalue weighted by atomic mass is 19.1. The number of hydrogen-bond acceptors (Lipinski definition) is 2. The Morgan fingerprint density at radius 1 is 1.10 bits per heavy atom. The summed E-state index contributed by atoms with van der Waals surface area (Å²) in [5, 5.41) is 0. The van der Waals surface area contributed by atoms with Gasteiger partial charge in [0.2, 0.25) is 0 Å². The van der Waals surface area contributed by atoms with Crippen molar-refractivity contribution in [3.8, 4) is 5.69 Å². The van der Waals surface area contributed by atoms with Gasteiger partial charge in [0.05, 0.1) is 29.9 Å². The van der Waals surface area contributed by atoms with Crippen LogP contribution in [0.5, 0.6) is 0 Å². The number of halogens is 1. The minimum atomic E-state index is -0.309. The molecule has 2 aromatic carbocycles. The fourth-order valence-electron chi connectivity index (χ4n) is 2.42. The van der Waals surface area contributed by atoms with Gasteiger partial charge in [-0.1, -0.05) is 36.4 Å². The molecule has 0 radical (unpaired) electrons. The molecule has 21 heavy (non-hydrogen) atoms. The summed E-state index contributed by atoms with van der Waals surface area (Å²) in [6.07, 6.45) is 3.39. The van der Waals surface area contributed by atoms with Crippen LogP contribution in [0.1, 0.15) is 22.9 Å². The molecular formula is C17H16FN3. The molecule has 0 saturated carbocycles. The molecule has 0 aliphatic carbocycles. The van der Waals surface area contributed by atoms with Crippen molar-refractivity contribution in [1.82, 2.24) is 9.55 Å². The maximum atomic E-state index is 13.8. The summed E-state index contributed by atoms with van der Waals surface area (Å²) in [6.45, 7) is 1.75. The first-order valence-corrected chi connectivity index (χ1v) is 6.76. The van der Waals surface area contributed by atoms with E-state index >= 15 is 0 Å². The maximum absolute atomic E-state index is 13.8. The molecule has 1 heterocycles. The second kappa shape index (κ2) is 5.50. The SMILES string of the molecule is Cc1c(F)cccc1-n1cncc1C(N)c1ccccc1. The number of aromatic nitrogens is 2. The fraction of sp³-hybridized carbons (Fsp3) is 0.118. The number of nitrogens with two attached hydrogens (primary N) is 1. The monoisotopic (exact) mass is 281 g/mol. The summed E-state index contributed by atoms with van der Waals surface area (Å²) in [5.74, 6) is -0.236. The van der Waals surface area contributed by atoms with Gasteiger partial charge in [0, 0.05) is 5.56 Å². The third-order valence-electron chi connectivity index (χ3n) is 3.64. The lowest BCUT2D eigenvalue weighted by Gasteiger charge is -2.16. The average molecular weight is 281 g/mol. The molecule has 0 amide bonds. The van der Waals surface area contributed by atoms with Gasteiger partial charge in [0.25, 0.3) is 0 Å². The summed E-state index contributed by atoms with van der Waals surface area (Å²) >= 11 is 0. The van der Waals surface area contributed by atoms with Crippen LogP contribution in [0, 0.1) is 12.7 Å². The van der Waals surface area contributed by atoms with E-state index in [0.29, 0.717) is 5.56 Å². The summed E-state index contributed by atoms with van der Waals surface area (Å²) in [6, 6.07) is 14.5. The standard InChI is InChI=1S/C17H16FN3/c1-12-14(18)8-5-9-15(12)21-11-20-10-16(21)17(19)13-6-3-2-4-7-13/h2-11,17H,19H2,1H3. The maximum Gasteiger partial charge on any atom is 0.128 e. The summed E-state index contributed by atoms with van der Waals surface area (Å²) < 4.78 is 15.6. The van der Waals surface area contributed by atoms with E-state index in [9.17, 15) is 4.39 Å². The molecule has 4 heteroatoms. The molecule has 0 fully saturated rings. The Bertz CT molecular complexity index is 750. The van der Waals surface area contributed by atoms with Crippen LogP contribution in [0.4, 0.5) is 4.39 Å². The van der Waals surface area contributed by atoms with Gasteiger partial charge in [0.1, 0.15) is 5.82 Å². The van der Waals surface area contributed by atoms with Crippen LogP contribution >= 0.6 is 0 Å². The largest absolute Gasteiger partial charge is 0.319 e. The molecule has 0 saturated heterocycles. The second-order valence-corrected chi connectivity index (χ2v) is 4.96. The van der Waals surface area contributed by atoms with E-state index < -0.39 is 0 Å². The Kier molecular flexibility index (Phi) is 3.54. The van der Waals surface area contributed by atoms with Gasteiger partial charge in [0.15, 0.2) is 0 Å². The molecule has 0 spiro atoms. The van der Waals surface area contributed by atoms with Crippen LogP contribution in [-0.2, 0) is 0 Å². The molecule has 1 aromatic heterocycles. The van der Waals surface area contributed by atoms with E-state index in [0.717, 1.165) is 16.9 Å². The minimum absolute atomic E-state index is 0.236. The topological polar surface area (TPSA) is 43.8 Å². The molecule has 106 valence electrons. The average Bonchev–Trinajstić information content (AvgIpc) is 2.99. The van der Waals surface area contributed by atoms with Crippen LogP contribution < -0.4 is 5.73 Å². The van der Waals surface area contributed by atoms with Gasteiger partial charge >= 0.3 is 0 Å². The number of imidazole rings is 1. The van der Waals surface area contributed by atoms with E-state index in [1.165, 1.54) is 6.07 Å². The zero-order valence-electron chi connectivity index (χ0n) is 11.7. The molecule has 2 N–H and O–H groups in total. The third kappa shape index (κ3) is 2.45. The lowest BCUT2D eigenvalue weighted by Crippen LogP contribution is -2.16. The Labute approximate surface area is 122 Å². The zero-order valence-corrected chi connectivity index (χ0v) is 11.7. The Morgan fingerprint density at radius 2 is 1.86 bits per heavy atom. The molecule has 1 unspecified atom stereocenters. The molecule has 0 bridgehead atoms. The van der Waals surface area contributed by atoms with Crippen molar-refractivity contribution in [2.75, 3.05) is 0 Å². The molecule has 1 atom stereocenters. The molecule has 3 aromatic rings. The zero-order chi connectivity index (χ0) is 14.8. The molecule has 3 nitrogen and oxygen atoms in total. The van der Waals surface area contributed by atoms with Crippen molar-refractivity contribution in [2.45, 2.75) is 13.0 Å². The number of nitrogens with zero attached hydrogens (tertiary/aromatic N) is 2. The first-order valence-electron chi connectivity index (χ1n) is 6.76. The van der Waals surface area contributed by atoms with Gasteiger partial charge in [-0.3, -0.25) is 0 Å². The van der Waals surface area contributed by atoms with Gasteiger partial charge in [-0.15, -0.1) is 0 Å². The number of rotatable bonds is 3. The first kappa shape index (κ1) is 13.5. The number of benzene rings is 2. The van der Waals surface area contributed by atoms with Crippen LogP contribution in [0.3, 0.4) is 0 Å². The van der Waals surface area contributed by atoms with Crippen molar-refractivity contribution in [2.24, 2.45) is 5.73 Å². The van der Waals surface area contributed by atoms with E-state index in [1.807, 2.05) is 41.0 Å². The number of hydrogen-bond donors (Lipinski definition) is 1. The van der Waals surface area contributed by atoms with E-state index in [4.69, 9.17) is 5.73 Å². The van der Waals surface area contributed by atoms with Crippen LogP contribution in [-0.4, -0.2) is 9.55 Å². The minimum Gasteiger partial charge on any atom is -0.319 e. The predicted molar refractivity (Wildman–Crippen MR) is 80.7 cm³/mol. The van der Waals surface area contributed by atoms with Crippen molar-refractivity contribution < 1.29 is 4.39 Å². The molecule has 0 aliphatic rings. The van der Waals surface area contributed by atoms with Crippen LogP contribution in [0.15, 0.2) is 61.1 Å². The van der Waals surface area contributed by atoms with E-state index in [-0.39, 0.29) is 11.9 Å². The first-order chi connectivity index (χ1) is 10.2. The third-order valence-corrected chi connectivity index (χ3v) is 3.64. The van der Waals surface area contributed by atoms with E-state index in [1.54, 1.807) is 25.5 Å². The highest BCUT2D eigenvalue weighted by Gasteiger charge is 2.16. The summed E-state index contributed by atoms with van der Waals surface area (Å²) in [5.41, 5.74) is 9.49. The van der Waals surface area contributed by atoms with Gasteiger partial charge in [-0.05, 0) is 24.6 Å². The lowest BCUT2D eigenvalue weighted by atomic mass is 10.0. The van der Waals surface area contributed by atoms with E-state index in [2.05, 4.69) is 4.98 Å². The highest BCUT2D eigenvalue weighted by molar-refractivity contribution is 5.43. The van der Waals surface area contributed by atoms with Crippen molar-refractivity contribution in [1.29, 1.82) is 0 Å². The highest BCUT2D eigenvalue weighted by Crippen LogP contribution is 2.24. The Balaban J connectivity index is 2.08. The Morgan fingerprint density at radius 3 is 2.62 bits per heavy atom.